The fourth-order valence-electron chi connectivity index (χ4n) is 2.97. The molecule has 0 aliphatic heterocycles. The Bertz CT molecular complexity index is 1100. The van der Waals surface area contributed by atoms with Gasteiger partial charge < -0.3 is 14.4 Å². The number of amides is 1. The number of para-hydroxylation sites is 1. The maximum absolute atomic E-state index is 13.5. The van der Waals surface area contributed by atoms with Gasteiger partial charge in [-0.2, -0.15) is 5.10 Å². The number of hydrogen-bond acceptors (Lipinski definition) is 5. The third-order valence-electron chi connectivity index (χ3n) is 4.92. The van der Waals surface area contributed by atoms with Crippen molar-refractivity contribution in [2.45, 2.75) is 19.9 Å². The molecule has 32 heavy (non-hydrogen) atoms. The molecule has 0 radical (unpaired) electrons. The largest absolute Gasteiger partial charge is 0.480 e. The number of ether oxygens (including phenoxy) is 2. The summed E-state index contributed by atoms with van der Waals surface area (Å²) in [7, 11) is 1.53. The van der Waals surface area contributed by atoms with Crippen LogP contribution in [0.4, 0.5) is 8.78 Å². The number of nitrogens with zero attached hydrogens (tertiary/aromatic N) is 3. The molecule has 3 aromatic rings. The maximum Gasteiger partial charge on any atom is 0.362 e. The van der Waals surface area contributed by atoms with Crippen molar-refractivity contribution in [1.29, 1.82) is 0 Å². The Morgan fingerprint density at radius 3 is 2.50 bits per heavy atom. The van der Waals surface area contributed by atoms with E-state index in [1.54, 1.807) is 26.0 Å². The van der Waals surface area contributed by atoms with E-state index in [0.29, 0.717) is 11.3 Å². The summed E-state index contributed by atoms with van der Waals surface area (Å²) >= 11 is 0. The van der Waals surface area contributed by atoms with Crippen molar-refractivity contribution in [1.82, 2.24) is 14.7 Å². The summed E-state index contributed by atoms with van der Waals surface area (Å²) in [6, 6.07) is 12.0. The van der Waals surface area contributed by atoms with Crippen molar-refractivity contribution in [3.05, 3.63) is 77.6 Å². The number of carbonyl (C=O) groups is 2. The highest BCUT2D eigenvalue weighted by molar-refractivity contribution is 5.90. The van der Waals surface area contributed by atoms with Gasteiger partial charge in [0, 0.05) is 7.05 Å². The first-order valence-corrected chi connectivity index (χ1v) is 9.97. The van der Waals surface area contributed by atoms with Crippen LogP contribution in [0.5, 0.6) is 5.75 Å². The molecule has 1 aromatic heterocycles. The van der Waals surface area contributed by atoms with Crippen LogP contribution in [0, 0.1) is 11.6 Å². The minimum absolute atomic E-state index is 0.0557. The second-order valence-electron chi connectivity index (χ2n) is 6.99. The summed E-state index contributed by atoms with van der Waals surface area (Å²) in [6.07, 6.45) is 1.49. The van der Waals surface area contributed by atoms with E-state index in [1.165, 1.54) is 28.9 Å². The smallest absolute Gasteiger partial charge is 0.362 e. The van der Waals surface area contributed by atoms with Crippen LogP contribution in [-0.4, -0.2) is 46.8 Å². The van der Waals surface area contributed by atoms with Crippen molar-refractivity contribution >= 4 is 11.9 Å². The molecule has 0 aliphatic rings. The van der Waals surface area contributed by atoms with E-state index in [1.807, 2.05) is 18.2 Å². The van der Waals surface area contributed by atoms with Crippen molar-refractivity contribution < 1.29 is 27.8 Å². The summed E-state index contributed by atoms with van der Waals surface area (Å²) in [4.78, 5) is 26.3. The minimum Gasteiger partial charge on any atom is -0.480 e. The lowest BCUT2D eigenvalue weighted by Crippen LogP contribution is -2.33. The van der Waals surface area contributed by atoms with E-state index in [9.17, 15) is 18.4 Å². The zero-order valence-electron chi connectivity index (χ0n) is 17.9. The van der Waals surface area contributed by atoms with Crippen LogP contribution < -0.4 is 4.74 Å². The molecule has 0 bridgehead atoms. The van der Waals surface area contributed by atoms with E-state index < -0.39 is 36.2 Å². The zero-order chi connectivity index (χ0) is 23.3. The van der Waals surface area contributed by atoms with Gasteiger partial charge in [-0.05, 0) is 43.7 Å². The normalized spacial score (nSPS) is 11.7. The molecule has 1 atom stereocenters. The minimum atomic E-state index is -0.987. The van der Waals surface area contributed by atoms with Crippen molar-refractivity contribution in [3.8, 4) is 11.4 Å². The SMILES string of the molecule is CCOC(=O)c1nn(-c2ccccc2)cc1OCC(=O)N(C)C(C)c1ccc(F)c(F)c1. The zero-order valence-corrected chi connectivity index (χ0v) is 17.9. The standard InChI is InChI=1S/C23H23F2N3O4/c1-4-31-23(30)22-20(13-28(26-22)17-8-6-5-7-9-17)32-14-21(29)27(3)15(2)16-10-11-18(24)19(25)12-16/h5-13,15H,4,14H2,1-3H3. The predicted molar refractivity (Wildman–Crippen MR) is 113 cm³/mol. The number of benzene rings is 2. The van der Waals surface area contributed by atoms with Crippen LogP contribution in [0.15, 0.2) is 54.7 Å². The molecular formula is C23H23F2N3O4. The highest BCUT2D eigenvalue weighted by atomic mass is 19.2. The number of rotatable bonds is 8. The van der Waals surface area contributed by atoms with Gasteiger partial charge in [0.1, 0.15) is 0 Å². The van der Waals surface area contributed by atoms with E-state index in [0.717, 1.165) is 12.1 Å². The number of aromatic nitrogens is 2. The molecule has 168 valence electrons. The summed E-state index contributed by atoms with van der Waals surface area (Å²) in [5.41, 5.74) is 1.08. The van der Waals surface area contributed by atoms with Crippen LogP contribution in [0.25, 0.3) is 5.69 Å². The fourth-order valence-corrected chi connectivity index (χ4v) is 2.97. The Hall–Kier alpha value is -3.75. The fraction of sp³-hybridized carbons (Fsp3) is 0.261. The first-order valence-electron chi connectivity index (χ1n) is 9.97. The summed E-state index contributed by atoms with van der Waals surface area (Å²) in [5, 5.41) is 4.24. The van der Waals surface area contributed by atoms with E-state index in [2.05, 4.69) is 5.10 Å². The lowest BCUT2D eigenvalue weighted by atomic mass is 10.1. The van der Waals surface area contributed by atoms with Crippen LogP contribution in [-0.2, 0) is 9.53 Å². The second kappa shape index (κ2) is 10.0. The molecule has 9 heteroatoms. The Balaban J connectivity index is 1.75. The molecule has 0 aliphatic carbocycles. The van der Waals surface area contributed by atoms with Crippen molar-refractivity contribution in [2.24, 2.45) is 0 Å². The Morgan fingerprint density at radius 2 is 1.84 bits per heavy atom. The molecule has 1 amide bonds. The van der Waals surface area contributed by atoms with E-state index >= 15 is 0 Å². The lowest BCUT2D eigenvalue weighted by Gasteiger charge is -2.25. The molecule has 2 aromatic carbocycles. The quantitative estimate of drug-likeness (QED) is 0.494. The van der Waals surface area contributed by atoms with Gasteiger partial charge >= 0.3 is 5.97 Å². The summed E-state index contributed by atoms with van der Waals surface area (Å²) < 4.78 is 38.8. The van der Waals surface area contributed by atoms with Crippen LogP contribution >= 0.6 is 0 Å². The van der Waals surface area contributed by atoms with Crippen molar-refractivity contribution in [2.75, 3.05) is 20.3 Å². The Morgan fingerprint density at radius 1 is 1.12 bits per heavy atom. The highest BCUT2D eigenvalue weighted by Crippen LogP contribution is 2.23. The number of likely N-dealkylation sites (N-methyl/N-ethyl adjacent to an activating group) is 1. The molecule has 0 saturated heterocycles. The van der Waals surface area contributed by atoms with Gasteiger partial charge in [0.25, 0.3) is 5.91 Å². The number of halogens is 2. The molecule has 3 rings (SSSR count). The third kappa shape index (κ3) is 5.11. The van der Waals surface area contributed by atoms with Crippen LogP contribution in [0.1, 0.15) is 35.9 Å². The highest BCUT2D eigenvalue weighted by Gasteiger charge is 2.23. The average molecular weight is 443 g/mol. The van der Waals surface area contributed by atoms with Crippen LogP contribution in [0.2, 0.25) is 0 Å². The maximum atomic E-state index is 13.5. The van der Waals surface area contributed by atoms with E-state index in [-0.39, 0.29) is 18.1 Å². The molecule has 0 N–H and O–H groups in total. The van der Waals surface area contributed by atoms with Gasteiger partial charge in [0.2, 0.25) is 5.69 Å². The lowest BCUT2D eigenvalue weighted by molar-refractivity contribution is -0.134. The number of esters is 1. The number of hydrogen-bond donors (Lipinski definition) is 0. The van der Waals surface area contributed by atoms with Gasteiger partial charge in [-0.15, -0.1) is 0 Å². The topological polar surface area (TPSA) is 73.7 Å². The molecule has 7 nitrogen and oxygen atoms in total. The first kappa shape index (κ1) is 22.9. The average Bonchev–Trinajstić information content (AvgIpc) is 3.23. The Labute approximate surface area is 184 Å². The van der Waals surface area contributed by atoms with Gasteiger partial charge in [-0.3, -0.25) is 4.79 Å². The molecular weight excluding hydrogens is 420 g/mol. The monoisotopic (exact) mass is 443 g/mol. The molecule has 1 heterocycles. The Kier molecular flexibility index (Phi) is 7.19. The van der Waals surface area contributed by atoms with Gasteiger partial charge in [0.05, 0.1) is 24.5 Å². The first-order chi connectivity index (χ1) is 15.3. The van der Waals surface area contributed by atoms with E-state index in [4.69, 9.17) is 9.47 Å². The predicted octanol–water partition coefficient (Wildman–Crippen LogP) is 3.93. The molecule has 1 unspecified atom stereocenters. The summed E-state index contributed by atoms with van der Waals surface area (Å²) in [6.45, 7) is 3.12. The van der Waals surface area contributed by atoms with Crippen LogP contribution in [0.3, 0.4) is 0 Å². The number of carbonyl (C=O) groups excluding carboxylic acids is 2. The van der Waals surface area contributed by atoms with Crippen molar-refractivity contribution in [3.63, 3.8) is 0 Å². The van der Waals surface area contributed by atoms with Gasteiger partial charge in [-0.25, -0.2) is 18.3 Å². The van der Waals surface area contributed by atoms with Gasteiger partial charge in [-0.1, -0.05) is 24.3 Å². The summed E-state index contributed by atoms with van der Waals surface area (Å²) in [5.74, 6) is -2.95. The molecule has 0 fully saturated rings. The third-order valence-corrected chi connectivity index (χ3v) is 4.92. The molecule has 0 spiro atoms. The second-order valence-corrected chi connectivity index (χ2v) is 6.99. The van der Waals surface area contributed by atoms with Gasteiger partial charge in [0.15, 0.2) is 24.0 Å². The molecule has 0 saturated carbocycles.